The van der Waals surface area contributed by atoms with Crippen LogP contribution in [0.4, 0.5) is 5.82 Å². The number of hydrogen-bond acceptors (Lipinski definition) is 7. The van der Waals surface area contributed by atoms with Crippen molar-refractivity contribution in [2.24, 2.45) is 0 Å². The molecule has 1 aromatic heterocycles. The van der Waals surface area contributed by atoms with Gasteiger partial charge in [-0.3, -0.25) is 14.4 Å². The molecule has 1 aromatic rings. The van der Waals surface area contributed by atoms with E-state index < -0.39 is 29.7 Å². The minimum absolute atomic E-state index is 0.194. The Balaban J connectivity index is 1.74. The van der Waals surface area contributed by atoms with Crippen molar-refractivity contribution in [3.63, 3.8) is 0 Å². The number of carbonyl (C=O) groups excluding carboxylic acids is 2. The minimum atomic E-state index is -1.69. The van der Waals surface area contributed by atoms with Crippen LogP contribution in [0.5, 0.6) is 0 Å². The van der Waals surface area contributed by atoms with Crippen LogP contribution < -0.4 is 4.90 Å². The van der Waals surface area contributed by atoms with Gasteiger partial charge in [0.15, 0.2) is 18.0 Å². The van der Waals surface area contributed by atoms with Crippen molar-refractivity contribution in [3.05, 3.63) is 11.8 Å². The highest BCUT2D eigenvalue weighted by molar-refractivity contribution is 5.99. The van der Waals surface area contributed by atoms with Crippen LogP contribution in [-0.2, 0) is 23.8 Å². The third kappa shape index (κ3) is 4.53. The van der Waals surface area contributed by atoms with Crippen LogP contribution in [0.2, 0.25) is 0 Å². The fourth-order valence-corrected chi connectivity index (χ4v) is 3.45. The van der Waals surface area contributed by atoms with Crippen molar-refractivity contribution in [1.82, 2.24) is 9.78 Å². The molecule has 1 amide bonds. The zero-order valence-corrected chi connectivity index (χ0v) is 16.9. The summed E-state index contributed by atoms with van der Waals surface area (Å²) in [6.07, 6.45) is -1.25. The number of nitrogens with zero attached hydrogens (tertiary/aromatic N) is 3. The van der Waals surface area contributed by atoms with E-state index in [2.05, 4.69) is 5.10 Å². The SMILES string of the molecule is Cc1cc(N2CCO[C@H]([C@@H](O)C(=O)OC(C)(C)C)C2=O)nn1C1CCOCC1. The zero-order chi connectivity index (χ0) is 20.5. The van der Waals surface area contributed by atoms with Gasteiger partial charge in [0.2, 0.25) is 0 Å². The molecule has 0 bridgehead atoms. The Morgan fingerprint density at radius 1 is 1.32 bits per heavy atom. The smallest absolute Gasteiger partial charge is 0.338 e. The number of carbonyl (C=O) groups is 2. The van der Waals surface area contributed by atoms with E-state index in [1.54, 1.807) is 20.8 Å². The van der Waals surface area contributed by atoms with Gasteiger partial charge in [0.25, 0.3) is 5.91 Å². The summed E-state index contributed by atoms with van der Waals surface area (Å²) in [5, 5.41) is 14.9. The van der Waals surface area contributed by atoms with E-state index in [1.165, 1.54) is 4.90 Å². The van der Waals surface area contributed by atoms with E-state index in [9.17, 15) is 14.7 Å². The molecule has 9 heteroatoms. The Kier molecular flexibility index (Phi) is 6.07. The monoisotopic (exact) mass is 395 g/mol. The molecule has 2 saturated heterocycles. The molecule has 3 rings (SSSR count). The molecule has 0 aliphatic carbocycles. The van der Waals surface area contributed by atoms with E-state index >= 15 is 0 Å². The van der Waals surface area contributed by atoms with Gasteiger partial charge in [0, 0.05) is 25.0 Å². The number of aromatic nitrogens is 2. The van der Waals surface area contributed by atoms with Gasteiger partial charge in [-0.25, -0.2) is 4.79 Å². The van der Waals surface area contributed by atoms with Crippen LogP contribution in [-0.4, -0.2) is 70.9 Å². The van der Waals surface area contributed by atoms with Crippen molar-refractivity contribution in [2.75, 3.05) is 31.3 Å². The van der Waals surface area contributed by atoms with Gasteiger partial charge >= 0.3 is 5.97 Å². The number of morpholine rings is 1. The molecule has 0 saturated carbocycles. The van der Waals surface area contributed by atoms with Crippen LogP contribution in [0.3, 0.4) is 0 Å². The normalized spacial score (nSPS) is 23.0. The Morgan fingerprint density at radius 2 is 2.00 bits per heavy atom. The first-order chi connectivity index (χ1) is 13.2. The van der Waals surface area contributed by atoms with Crippen LogP contribution >= 0.6 is 0 Å². The van der Waals surface area contributed by atoms with Gasteiger partial charge in [0.05, 0.1) is 19.2 Å². The molecule has 3 heterocycles. The van der Waals surface area contributed by atoms with Crippen molar-refractivity contribution in [1.29, 1.82) is 0 Å². The molecule has 0 unspecified atom stereocenters. The third-order valence-electron chi connectivity index (χ3n) is 4.78. The summed E-state index contributed by atoms with van der Waals surface area (Å²) < 4.78 is 17.9. The minimum Gasteiger partial charge on any atom is -0.458 e. The quantitative estimate of drug-likeness (QED) is 0.758. The number of rotatable bonds is 4. The molecule has 0 spiro atoms. The number of hydrogen-bond donors (Lipinski definition) is 1. The molecule has 1 N–H and O–H groups in total. The summed E-state index contributed by atoms with van der Waals surface area (Å²) in [6, 6.07) is 2.08. The predicted octanol–water partition coefficient (Wildman–Crippen LogP) is 0.977. The molecule has 2 atom stereocenters. The molecule has 2 aliphatic rings. The van der Waals surface area contributed by atoms with Gasteiger partial charge in [-0.1, -0.05) is 0 Å². The summed E-state index contributed by atoms with van der Waals surface area (Å²) in [6.45, 7) is 8.92. The van der Waals surface area contributed by atoms with Crippen molar-refractivity contribution < 1.29 is 28.9 Å². The molecule has 28 heavy (non-hydrogen) atoms. The fourth-order valence-electron chi connectivity index (χ4n) is 3.45. The maximum Gasteiger partial charge on any atom is 0.338 e. The topological polar surface area (TPSA) is 103 Å². The van der Waals surface area contributed by atoms with E-state index in [0.717, 1.165) is 18.5 Å². The summed E-state index contributed by atoms with van der Waals surface area (Å²) in [4.78, 5) is 26.5. The number of aliphatic hydroxyl groups is 1. The molecule has 2 aliphatic heterocycles. The van der Waals surface area contributed by atoms with Gasteiger partial charge in [-0.2, -0.15) is 5.10 Å². The fraction of sp³-hybridized carbons (Fsp3) is 0.737. The van der Waals surface area contributed by atoms with Crippen molar-refractivity contribution in [2.45, 2.75) is 64.4 Å². The van der Waals surface area contributed by atoms with E-state index in [1.807, 2.05) is 17.7 Å². The average Bonchev–Trinajstić information content (AvgIpc) is 3.02. The van der Waals surface area contributed by atoms with Gasteiger partial charge in [-0.05, 0) is 40.5 Å². The Labute approximate surface area is 164 Å². The second-order valence-corrected chi connectivity index (χ2v) is 8.19. The summed E-state index contributed by atoms with van der Waals surface area (Å²) in [7, 11) is 0. The molecular formula is C19H29N3O6. The van der Waals surface area contributed by atoms with Crippen molar-refractivity contribution >= 4 is 17.7 Å². The molecule has 9 nitrogen and oxygen atoms in total. The molecular weight excluding hydrogens is 366 g/mol. The first kappa shape index (κ1) is 20.8. The zero-order valence-electron chi connectivity index (χ0n) is 16.9. The number of ether oxygens (including phenoxy) is 3. The second kappa shape index (κ2) is 8.18. The lowest BCUT2D eigenvalue weighted by atomic mass is 10.1. The highest BCUT2D eigenvalue weighted by Gasteiger charge is 2.42. The van der Waals surface area contributed by atoms with E-state index in [-0.39, 0.29) is 12.6 Å². The van der Waals surface area contributed by atoms with E-state index in [4.69, 9.17) is 14.2 Å². The lowest BCUT2D eigenvalue weighted by Crippen LogP contribution is -2.55. The lowest BCUT2D eigenvalue weighted by Gasteiger charge is -2.33. The first-order valence-electron chi connectivity index (χ1n) is 9.65. The first-order valence-corrected chi connectivity index (χ1v) is 9.65. The predicted molar refractivity (Wildman–Crippen MR) is 100.0 cm³/mol. The highest BCUT2D eigenvalue weighted by Crippen LogP contribution is 2.26. The maximum absolute atomic E-state index is 12.9. The van der Waals surface area contributed by atoms with Crippen LogP contribution in [0.25, 0.3) is 0 Å². The number of aliphatic hydroxyl groups excluding tert-OH is 1. The Morgan fingerprint density at radius 3 is 2.64 bits per heavy atom. The van der Waals surface area contributed by atoms with Crippen molar-refractivity contribution in [3.8, 4) is 0 Å². The van der Waals surface area contributed by atoms with Crippen LogP contribution in [0.15, 0.2) is 6.07 Å². The third-order valence-corrected chi connectivity index (χ3v) is 4.78. The lowest BCUT2D eigenvalue weighted by molar-refractivity contribution is -0.177. The summed E-state index contributed by atoms with van der Waals surface area (Å²) in [5.74, 6) is -0.878. The van der Waals surface area contributed by atoms with Crippen LogP contribution in [0, 0.1) is 6.92 Å². The van der Waals surface area contributed by atoms with Gasteiger partial charge < -0.3 is 19.3 Å². The highest BCUT2D eigenvalue weighted by atomic mass is 16.6. The number of anilines is 1. The number of amides is 1. The Hall–Kier alpha value is -1.97. The maximum atomic E-state index is 12.9. The summed E-state index contributed by atoms with van der Waals surface area (Å²) >= 11 is 0. The standard InChI is InChI=1S/C19H29N3O6/c1-12-11-14(20-22(12)13-5-8-26-9-6-13)21-7-10-27-16(17(21)24)15(23)18(25)28-19(2,3)4/h11,13,15-16,23H,5-10H2,1-4H3/t15-,16-/m1/s1. The number of esters is 1. The van der Waals surface area contributed by atoms with Gasteiger partial charge in [0.1, 0.15) is 5.60 Å². The Bertz CT molecular complexity index is 720. The molecule has 156 valence electrons. The number of aryl methyl sites for hydroxylation is 1. The van der Waals surface area contributed by atoms with Crippen LogP contribution in [0.1, 0.15) is 45.3 Å². The largest absolute Gasteiger partial charge is 0.458 e. The molecule has 0 aromatic carbocycles. The van der Waals surface area contributed by atoms with E-state index in [0.29, 0.717) is 25.6 Å². The van der Waals surface area contributed by atoms with Gasteiger partial charge in [-0.15, -0.1) is 0 Å². The molecule has 0 radical (unpaired) electrons. The second-order valence-electron chi connectivity index (χ2n) is 8.19. The summed E-state index contributed by atoms with van der Waals surface area (Å²) in [5.41, 5.74) is 0.181. The molecule has 2 fully saturated rings. The average molecular weight is 395 g/mol.